The second-order valence-electron chi connectivity index (χ2n) is 2.26. The van der Waals surface area contributed by atoms with Crippen molar-refractivity contribution in [2.75, 3.05) is 14.1 Å². The molecule has 4 heteroatoms. The van der Waals surface area contributed by atoms with Crippen molar-refractivity contribution >= 4 is 28.3 Å². The quantitative estimate of drug-likeness (QED) is 0.520. The van der Waals surface area contributed by atoms with Gasteiger partial charge < -0.3 is 5.73 Å². The van der Waals surface area contributed by atoms with Gasteiger partial charge in [0.1, 0.15) is 4.32 Å². The highest BCUT2D eigenvalue weighted by molar-refractivity contribution is 8.23. The first-order valence-corrected chi connectivity index (χ1v) is 4.49. The molecule has 1 atom stereocenters. The number of nitrogens with zero attached hydrogens (tertiary/aromatic N) is 1. The van der Waals surface area contributed by atoms with Crippen molar-refractivity contribution in [3.05, 3.63) is 0 Å². The van der Waals surface area contributed by atoms with E-state index in [1.54, 1.807) is 11.8 Å². The maximum absolute atomic E-state index is 5.37. The van der Waals surface area contributed by atoms with E-state index in [1.807, 2.05) is 14.1 Å². The van der Waals surface area contributed by atoms with Gasteiger partial charge in [-0.15, -0.1) is 0 Å². The van der Waals surface area contributed by atoms with Gasteiger partial charge in [-0.25, -0.2) is 0 Å². The molecule has 0 amide bonds. The van der Waals surface area contributed by atoms with Crippen molar-refractivity contribution in [1.29, 1.82) is 0 Å². The van der Waals surface area contributed by atoms with E-state index in [2.05, 4.69) is 11.8 Å². The molecule has 2 N–H and O–H groups in total. The molecule has 0 radical (unpaired) electrons. The summed E-state index contributed by atoms with van der Waals surface area (Å²) in [5, 5.41) is 0.428. The van der Waals surface area contributed by atoms with Crippen LogP contribution in [0.1, 0.15) is 13.3 Å². The molecule has 60 valence electrons. The van der Waals surface area contributed by atoms with Crippen LogP contribution >= 0.6 is 24.0 Å². The molecule has 0 spiro atoms. The van der Waals surface area contributed by atoms with Crippen LogP contribution in [0.5, 0.6) is 0 Å². The minimum absolute atomic E-state index is 0.428. The predicted molar refractivity (Wildman–Crippen MR) is 52.1 cm³/mol. The largest absolute Gasteiger partial charge is 0.385 e. The first kappa shape index (κ1) is 10.2. The lowest BCUT2D eigenvalue weighted by atomic mass is 10.4. The summed E-state index contributed by atoms with van der Waals surface area (Å²) in [4.78, 5) is 2.11. The fourth-order valence-corrected chi connectivity index (χ4v) is 1.67. The number of hydrogen-bond donors (Lipinski definition) is 1. The fraction of sp³-hybridized carbons (Fsp3) is 0.833. The van der Waals surface area contributed by atoms with Crippen molar-refractivity contribution in [1.82, 2.24) is 4.90 Å². The summed E-state index contributed by atoms with van der Waals surface area (Å²) in [7, 11) is 4.05. The highest BCUT2D eigenvalue weighted by Crippen LogP contribution is 2.15. The number of thiocarbonyl (C=S) groups is 1. The SMILES string of the molecule is CCC(SC(N)=S)N(C)C. The summed E-state index contributed by atoms with van der Waals surface area (Å²) < 4.78 is 0.528. The van der Waals surface area contributed by atoms with Crippen molar-refractivity contribution in [3.8, 4) is 0 Å². The third-order valence-electron chi connectivity index (χ3n) is 1.18. The van der Waals surface area contributed by atoms with Crippen LogP contribution in [0.4, 0.5) is 0 Å². The van der Waals surface area contributed by atoms with Gasteiger partial charge in [0.05, 0.1) is 5.37 Å². The second-order valence-corrected chi connectivity index (χ2v) is 4.18. The summed E-state index contributed by atoms with van der Waals surface area (Å²) in [5.74, 6) is 0. The van der Waals surface area contributed by atoms with Crippen LogP contribution in [-0.2, 0) is 0 Å². The molecule has 0 aliphatic carbocycles. The number of thioether (sulfide) groups is 1. The zero-order valence-corrected chi connectivity index (χ0v) is 8.26. The Bertz CT molecular complexity index is 114. The Balaban J connectivity index is 3.71. The van der Waals surface area contributed by atoms with Gasteiger partial charge >= 0.3 is 0 Å². The molecule has 0 saturated carbocycles. The zero-order chi connectivity index (χ0) is 8.15. The molecule has 10 heavy (non-hydrogen) atoms. The lowest BCUT2D eigenvalue weighted by Gasteiger charge is -2.20. The average Bonchev–Trinajstić information content (AvgIpc) is 1.81. The Morgan fingerprint density at radius 1 is 1.70 bits per heavy atom. The van der Waals surface area contributed by atoms with Crippen LogP contribution in [-0.4, -0.2) is 28.7 Å². The second kappa shape index (κ2) is 4.93. The minimum Gasteiger partial charge on any atom is -0.385 e. The Kier molecular flexibility index (Phi) is 5.03. The normalized spacial score (nSPS) is 13.6. The van der Waals surface area contributed by atoms with Gasteiger partial charge in [-0.1, -0.05) is 30.9 Å². The molecule has 0 bridgehead atoms. The van der Waals surface area contributed by atoms with Gasteiger partial charge in [0.2, 0.25) is 0 Å². The molecule has 0 aliphatic rings. The maximum atomic E-state index is 5.37. The van der Waals surface area contributed by atoms with Crippen LogP contribution in [0.2, 0.25) is 0 Å². The van der Waals surface area contributed by atoms with Crippen molar-refractivity contribution in [2.45, 2.75) is 18.7 Å². The van der Waals surface area contributed by atoms with Gasteiger partial charge in [0, 0.05) is 0 Å². The van der Waals surface area contributed by atoms with Crippen LogP contribution < -0.4 is 5.73 Å². The van der Waals surface area contributed by atoms with E-state index in [1.165, 1.54) is 0 Å². The summed E-state index contributed by atoms with van der Waals surface area (Å²) >= 11 is 6.31. The highest BCUT2D eigenvalue weighted by atomic mass is 32.2. The molecule has 0 saturated heterocycles. The van der Waals surface area contributed by atoms with E-state index in [0.717, 1.165) is 6.42 Å². The Labute approximate surface area is 72.1 Å². The molecule has 0 aromatic rings. The number of hydrogen-bond acceptors (Lipinski definition) is 3. The average molecular weight is 178 g/mol. The van der Waals surface area contributed by atoms with E-state index in [9.17, 15) is 0 Å². The van der Waals surface area contributed by atoms with Crippen molar-refractivity contribution in [2.24, 2.45) is 5.73 Å². The van der Waals surface area contributed by atoms with Gasteiger partial charge in [-0.3, -0.25) is 4.90 Å². The monoisotopic (exact) mass is 178 g/mol. The molecule has 0 rings (SSSR count). The molecule has 0 fully saturated rings. The van der Waals surface area contributed by atoms with E-state index >= 15 is 0 Å². The molecule has 0 aromatic carbocycles. The summed E-state index contributed by atoms with van der Waals surface area (Å²) in [6, 6.07) is 0. The third-order valence-corrected chi connectivity index (χ3v) is 2.73. The van der Waals surface area contributed by atoms with Crippen LogP contribution in [0.15, 0.2) is 0 Å². The Hall–Kier alpha value is 0.200. The smallest absolute Gasteiger partial charge is 0.132 e. The number of rotatable bonds is 3. The van der Waals surface area contributed by atoms with E-state index < -0.39 is 0 Å². The van der Waals surface area contributed by atoms with Gasteiger partial charge in [0.25, 0.3) is 0 Å². The van der Waals surface area contributed by atoms with E-state index in [4.69, 9.17) is 18.0 Å². The van der Waals surface area contributed by atoms with E-state index in [0.29, 0.717) is 9.69 Å². The van der Waals surface area contributed by atoms with Crippen molar-refractivity contribution < 1.29 is 0 Å². The first-order chi connectivity index (χ1) is 4.57. The molecule has 1 unspecified atom stereocenters. The van der Waals surface area contributed by atoms with Crippen LogP contribution in [0.3, 0.4) is 0 Å². The van der Waals surface area contributed by atoms with E-state index in [-0.39, 0.29) is 0 Å². The molecule has 0 heterocycles. The lowest BCUT2D eigenvalue weighted by molar-refractivity contribution is 0.377. The first-order valence-electron chi connectivity index (χ1n) is 3.20. The minimum atomic E-state index is 0.428. The summed E-state index contributed by atoms with van der Waals surface area (Å²) in [6.07, 6.45) is 1.06. The van der Waals surface area contributed by atoms with Gasteiger partial charge in [-0.05, 0) is 20.5 Å². The molecular weight excluding hydrogens is 164 g/mol. The van der Waals surface area contributed by atoms with Crippen molar-refractivity contribution in [3.63, 3.8) is 0 Å². The molecular formula is C6H14N2S2. The predicted octanol–water partition coefficient (Wildman–Crippen LogP) is 1.26. The standard InChI is InChI=1S/C6H14N2S2/c1-4-5(8(2)3)10-6(7)9/h5H,4H2,1-3H3,(H2,7,9). The zero-order valence-electron chi connectivity index (χ0n) is 6.63. The van der Waals surface area contributed by atoms with Gasteiger partial charge in [-0.2, -0.15) is 0 Å². The van der Waals surface area contributed by atoms with Crippen LogP contribution in [0.25, 0.3) is 0 Å². The Morgan fingerprint density at radius 2 is 2.20 bits per heavy atom. The third kappa shape index (κ3) is 4.09. The molecule has 0 aromatic heterocycles. The number of nitrogens with two attached hydrogens (primary N) is 1. The lowest BCUT2D eigenvalue weighted by Crippen LogP contribution is -2.26. The fourth-order valence-electron chi connectivity index (χ4n) is 0.688. The highest BCUT2D eigenvalue weighted by Gasteiger charge is 2.09. The molecule has 2 nitrogen and oxygen atoms in total. The maximum Gasteiger partial charge on any atom is 0.132 e. The summed E-state index contributed by atoms with van der Waals surface area (Å²) in [5.41, 5.74) is 5.37. The Morgan fingerprint density at radius 3 is 2.30 bits per heavy atom. The van der Waals surface area contributed by atoms with Gasteiger partial charge in [0.15, 0.2) is 0 Å². The molecule has 0 aliphatic heterocycles. The topological polar surface area (TPSA) is 29.3 Å². The summed E-state index contributed by atoms with van der Waals surface area (Å²) in [6.45, 7) is 2.12. The van der Waals surface area contributed by atoms with Crippen LogP contribution in [0, 0.1) is 0 Å².